The highest BCUT2D eigenvalue weighted by molar-refractivity contribution is 6.35. The fourth-order valence-electron chi connectivity index (χ4n) is 2.86. The molecule has 2 atom stereocenters. The van der Waals surface area contributed by atoms with Gasteiger partial charge in [0.1, 0.15) is 18.4 Å². The molecule has 5 nitrogen and oxygen atoms in total. The highest BCUT2D eigenvalue weighted by atomic mass is 35.5. The molecule has 0 aliphatic carbocycles. The lowest BCUT2D eigenvalue weighted by Crippen LogP contribution is -2.34. The fourth-order valence-corrected chi connectivity index (χ4v) is 3.37. The highest BCUT2D eigenvalue weighted by Gasteiger charge is 2.40. The summed E-state index contributed by atoms with van der Waals surface area (Å²) < 4.78 is 7.60. The maximum atomic E-state index is 13.0. The Morgan fingerprint density at radius 2 is 1.96 bits per heavy atom. The molecule has 0 saturated heterocycles. The van der Waals surface area contributed by atoms with Crippen LogP contribution in [0.1, 0.15) is 28.1 Å². The van der Waals surface area contributed by atoms with Gasteiger partial charge in [0.15, 0.2) is 17.9 Å². The molecule has 0 fully saturated rings. The van der Waals surface area contributed by atoms with Gasteiger partial charge in [0.25, 0.3) is 0 Å². The van der Waals surface area contributed by atoms with E-state index in [4.69, 9.17) is 27.9 Å². The molecule has 1 aliphatic rings. The largest absolute Gasteiger partial charge is 0.482 e. The number of hydrogen-bond donors (Lipinski definition) is 0. The Hall–Kier alpha value is -2.37. The van der Waals surface area contributed by atoms with Crippen LogP contribution in [0.5, 0.6) is 5.75 Å². The van der Waals surface area contributed by atoms with Gasteiger partial charge in [0.2, 0.25) is 0 Å². The van der Waals surface area contributed by atoms with E-state index in [2.05, 4.69) is 10.1 Å². The number of aromatic nitrogens is 3. The van der Waals surface area contributed by atoms with E-state index in [1.54, 1.807) is 36.4 Å². The topological polar surface area (TPSA) is 57.0 Å². The minimum Gasteiger partial charge on any atom is -0.482 e. The van der Waals surface area contributed by atoms with Gasteiger partial charge in [-0.15, -0.1) is 0 Å². The maximum absolute atomic E-state index is 13.0. The Morgan fingerprint density at radius 1 is 1.12 bits per heavy atom. The van der Waals surface area contributed by atoms with Gasteiger partial charge in [0, 0.05) is 15.6 Å². The smallest absolute Gasteiger partial charge is 0.195 e. The molecule has 2 aromatic carbocycles. The fraction of sp³-hybridized carbons (Fsp3) is 0.118. The first-order chi connectivity index (χ1) is 11.6. The standard InChI is InChI=1S/C17H11Cl2N3O2/c18-10-5-6-11(13(19)7-10)17-15(22-9-20-8-21-22)16(23)12-3-1-2-4-14(12)24-17/h1-9,15,17H/t15-,17+/m1/s1. The third kappa shape index (κ3) is 2.46. The molecule has 0 N–H and O–H groups in total. The van der Waals surface area contributed by atoms with Crippen LogP contribution in [0.4, 0.5) is 0 Å². The summed E-state index contributed by atoms with van der Waals surface area (Å²) in [4.78, 5) is 17.0. The molecular formula is C17H11Cl2N3O2. The van der Waals surface area contributed by atoms with Crippen molar-refractivity contribution in [2.75, 3.05) is 0 Å². The molecule has 3 aromatic rings. The Morgan fingerprint density at radius 3 is 2.71 bits per heavy atom. The number of ketones is 1. The number of ether oxygens (including phenoxy) is 1. The molecule has 4 rings (SSSR count). The third-order valence-corrected chi connectivity index (χ3v) is 4.51. The van der Waals surface area contributed by atoms with Crippen molar-refractivity contribution in [3.63, 3.8) is 0 Å². The Kier molecular flexibility index (Phi) is 3.75. The first-order valence-electron chi connectivity index (χ1n) is 7.24. The van der Waals surface area contributed by atoms with Crippen molar-refractivity contribution in [2.24, 2.45) is 0 Å². The molecule has 0 amide bonds. The molecule has 24 heavy (non-hydrogen) atoms. The molecule has 2 heterocycles. The monoisotopic (exact) mass is 359 g/mol. The van der Waals surface area contributed by atoms with Crippen molar-refractivity contribution in [3.8, 4) is 5.75 Å². The van der Waals surface area contributed by atoms with E-state index >= 15 is 0 Å². The quantitative estimate of drug-likeness (QED) is 0.689. The van der Waals surface area contributed by atoms with Crippen LogP contribution in [0.25, 0.3) is 0 Å². The normalized spacial score (nSPS) is 19.7. The van der Waals surface area contributed by atoms with Gasteiger partial charge in [-0.2, -0.15) is 5.10 Å². The lowest BCUT2D eigenvalue weighted by Gasteiger charge is -2.33. The van der Waals surface area contributed by atoms with Crippen molar-refractivity contribution < 1.29 is 9.53 Å². The second-order valence-electron chi connectivity index (χ2n) is 5.39. The van der Waals surface area contributed by atoms with Gasteiger partial charge >= 0.3 is 0 Å². The van der Waals surface area contributed by atoms with Crippen LogP contribution in [0.3, 0.4) is 0 Å². The van der Waals surface area contributed by atoms with Gasteiger partial charge in [-0.3, -0.25) is 4.79 Å². The summed E-state index contributed by atoms with van der Waals surface area (Å²) in [5.74, 6) is 0.424. The number of fused-ring (bicyclic) bond motifs is 1. The van der Waals surface area contributed by atoms with Gasteiger partial charge in [-0.05, 0) is 24.3 Å². The number of para-hydroxylation sites is 1. The second-order valence-corrected chi connectivity index (χ2v) is 6.23. The molecular weight excluding hydrogens is 349 g/mol. The van der Waals surface area contributed by atoms with E-state index in [1.807, 2.05) is 6.07 Å². The van der Waals surface area contributed by atoms with E-state index in [-0.39, 0.29) is 5.78 Å². The molecule has 1 aromatic heterocycles. The molecule has 1 aliphatic heterocycles. The lowest BCUT2D eigenvalue weighted by molar-refractivity contribution is 0.0654. The zero-order valence-electron chi connectivity index (χ0n) is 12.3. The Bertz CT molecular complexity index is 912. The van der Waals surface area contributed by atoms with Crippen LogP contribution in [0.15, 0.2) is 55.1 Å². The molecule has 120 valence electrons. The second kappa shape index (κ2) is 5.92. The van der Waals surface area contributed by atoms with Crippen molar-refractivity contribution in [1.29, 1.82) is 0 Å². The van der Waals surface area contributed by atoms with Crippen LogP contribution in [0, 0.1) is 0 Å². The van der Waals surface area contributed by atoms with Crippen molar-refractivity contribution in [3.05, 3.63) is 76.3 Å². The molecule has 0 bridgehead atoms. The molecule has 0 spiro atoms. The van der Waals surface area contributed by atoms with E-state index < -0.39 is 12.1 Å². The number of halogens is 2. The van der Waals surface area contributed by atoms with Crippen LogP contribution in [0.2, 0.25) is 10.0 Å². The first-order valence-corrected chi connectivity index (χ1v) is 7.99. The summed E-state index contributed by atoms with van der Waals surface area (Å²) in [6, 6.07) is 11.5. The van der Waals surface area contributed by atoms with Gasteiger partial charge in [-0.1, -0.05) is 41.4 Å². The van der Waals surface area contributed by atoms with E-state index in [0.717, 1.165) is 0 Å². The number of hydrogen-bond acceptors (Lipinski definition) is 4. The van der Waals surface area contributed by atoms with Gasteiger partial charge in [-0.25, -0.2) is 9.67 Å². The van der Waals surface area contributed by atoms with Crippen molar-refractivity contribution in [1.82, 2.24) is 14.8 Å². The molecule has 0 saturated carbocycles. The number of carbonyl (C=O) groups excluding carboxylic acids is 1. The van der Waals surface area contributed by atoms with Crippen LogP contribution in [-0.2, 0) is 0 Å². The maximum Gasteiger partial charge on any atom is 0.195 e. The number of Topliss-reactive ketones (excluding diaryl/α,β-unsaturated/α-hetero) is 1. The number of nitrogens with zero attached hydrogens (tertiary/aromatic N) is 3. The summed E-state index contributed by atoms with van der Waals surface area (Å²) in [6.45, 7) is 0. The summed E-state index contributed by atoms with van der Waals surface area (Å²) in [6.07, 6.45) is 2.25. The minimum atomic E-state index is -0.693. The zero-order chi connectivity index (χ0) is 16.7. The number of rotatable bonds is 2. The summed E-state index contributed by atoms with van der Waals surface area (Å²) in [5.41, 5.74) is 1.18. The molecule has 0 radical (unpaired) electrons. The molecule has 7 heteroatoms. The van der Waals surface area contributed by atoms with Gasteiger partial charge < -0.3 is 4.74 Å². The number of benzene rings is 2. The minimum absolute atomic E-state index is 0.0987. The Balaban J connectivity index is 1.88. The summed E-state index contributed by atoms with van der Waals surface area (Å²) >= 11 is 12.3. The predicted molar refractivity (Wildman–Crippen MR) is 89.7 cm³/mol. The average molecular weight is 360 g/mol. The SMILES string of the molecule is O=C1c2ccccc2O[C@@H](c2ccc(Cl)cc2Cl)[C@@H]1n1cncn1. The van der Waals surface area contributed by atoms with E-state index in [0.29, 0.717) is 26.9 Å². The third-order valence-electron chi connectivity index (χ3n) is 3.95. The predicted octanol–water partition coefficient (Wildman–Crippen LogP) is 4.14. The first kappa shape index (κ1) is 15.2. The van der Waals surface area contributed by atoms with Crippen molar-refractivity contribution >= 4 is 29.0 Å². The van der Waals surface area contributed by atoms with Crippen LogP contribution >= 0.6 is 23.2 Å². The molecule has 0 unspecified atom stereocenters. The van der Waals surface area contributed by atoms with Crippen LogP contribution < -0.4 is 4.74 Å². The van der Waals surface area contributed by atoms with Crippen molar-refractivity contribution in [2.45, 2.75) is 12.1 Å². The summed E-state index contributed by atoms with van der Waals surface area (Å²) in [7, 11) is 0. The average Bonchev–Trinajstić information content (AvgIpc) is 3.09. The van der Waals surface area contributed by atoms with Crippen LogP contribution in [-0.4, -0.2) is 20.5 Å². The zero-order valence-corrected chi connectivity index (χ0v) is 13.8. The highest BCUT2D eigenvalue weighted by Crippen LogP contribution is 2.43. The Labute approximate surface area is 147 Å². The number of carbonyl (C=O) groups is 1. The van der Waals surface area contributed by atoms with E-state index in [9.17, 15) is 4.79 Å². The lowest BCUT2D eigenvalue weighted by atomic mass is 9.91. The van der Waals surface area contributed by atoms with E-state index in [1.165, 1.54) is 17.3 Å². The van der Waals surface area contributed by atoms with Gasteiger partial charge in [0.05, 0.1) is 5.56 Å². The summed E-state index contributed by atoms with van der Waals surface area (Å²) in [5, 5.41) is 5.07.